The van der Waals surface area contributed by atoms with Crippen LogP contribution in [0.15, 0.2) is 28.7 Å². The van der Waals surface area contributed by atoms with Gasteiger partial charge in [-0.15, -0.1) is 0 Å². The fraction of sp³-hybridized carbons (Fsp3) is 0.429. The molecule has 0 saturated carbocycles. The maximum atomic E-state index is 5.97. The molecule has 2 nitrogen and oxygen atoms in total. The Bertz CT molecular complexity index is 514. The molecule has 3 heteroatoms. The Labute approximate surface area is 106 Å². The Kier molecular flexibility index (Phi) is 3.08. The molecule has 2 aromatic rings. The Morgan fingerprint density at radius 3 is 2.76 bits per heavy atom. The number of likely N-dealkylation sites (tertiary alicyclic amines) is 1. The third-order valence-corrected chi connectivity index (χ3v) is 3.59. The third-order valence-electron chi connectivity index (χ3n) is 3.36. The van der Waals surface area contributed by atoms with Gasteiger partial charge in [-0.2, -0.15) is 0 Å². The van der Waals surface area contributed by atoms with Crippen molar-refractivity contribution in [2.75, 3.05) is 13.1 Å². The maximum absolute atomic E-state index is 5.97. The van der Waals surface area contributed by atoms with E-state index in [1.165, 1.54) is 32.4 Å². The highest BCUT2D eigenvalue weighted by Crippen LogP contribution is 2.24. The second kappa shape index (κ2) is 4.71. The molecule has 0 bridgehead atoms. The van der Waals surface area contributed by atoms with E-state index >= 15 is 0 Å². The van der Waals surface area contributed by atoms with Crippen LogP contribution in [0.4, 0.5) is 0 Å². The summed E-state index contributed by atoms with van der Waals surface area (Å²) >= 11 is 5.97. The Balaban J connectivity index is 1.80. The first-order valence-corrected chi connectivity index (χ1v) is 6.59. The zero-order valence-corrected chi connectivity index (χ0v) is 10.5. The quantitative estimate of drug-likeness (QED) is 0.798. The predicted molar refractivity (Wildman–Crippen MR) is 70.4 cm³/mol. The molecule has 0 unspecified atom stereocenters. The number of furan rings is 1. The molecular weight excluding hydrogens is 234 g/mol. The first-order valence-electron chi connectivity index (χ1n) is 6.21. The molecule has 90 valence electrons. The van der Waals surface area contributed by atoms with Crippen LogP contribution in [-0.2, 0) is 6.54 Å². The van der Waals surface area contributed by atoms with Crippen molar-refractivity contribution in [3.8, 4) is 0 Å². The molecule has 0 aliphatic carbocycles. The summed E-state index contributed by atoms with van der Waals surface area (Å²) in [7, 11) is 0. The van der Waals surface area contributed by atoms with E-state index < -0.39 is 0 Å². The van der Waals surface area contributed by atoms with Gasteiger partial charge in [0.1, 0.15) is 11.3 Å². The number of fused-ring (bicyclic) bond motifs is 1. The van der Waals surface area contributed by atoms with Crippen molar-refractivity contribution in [2.24, 2.45) is 0 Å². The van der Waals surface area contributed by atoms with E-state index in [9.17, 15) is 0 Å². The number of hydrogen-bond acceptors (Lipinski definition) is 2. The molecule has 1 aliphatic rings. The highest BCUT2D eigenvalue weighted by Gasteiger charge is 2.13. The SMILES string of the molecule is Clc1ccc2oc(CN3CCCCC3)cc2c1. The fourth-order valence-corrected chi connectivity index (χ4v) is 2.67. The normalized spacial score (nSPS) is 17.7. The zero-order valence-electron chi connectivity index (χ0n) is 9.79. The second-order valence-electron chi connectivity index (χ2n) is 4.73. The molecule has 3 rings (SSSR count). The van der Waals surface area contributed by atoms with E-state index in [-0.39, 0.29) is 0 Å². The van der Waals surface area contributed by atoms with Crippen LogP contribution in [0.1, 0.15) is 25.0 Å². The summed E-state index contributed by atoms with van der Waals surface area (Å²) in [6, 6.07) is 7.88. The number of hydrogen-bond donors (Lipinski definition) is 0. The van der Waals surface area contributed by atoms with E-state index in [1.807, 2.05) is 18.2 Å². The first kappa shape index (κ1) is 11.1. The van der Waals surface area contributed by atoms with Crippen molar-refractivity contribution in [2.45, 2.75) is 25.8 Å². The molecule has 0 amide bonds. The number of nitrogens with zero attached hydrogens (tertiary/aromatic N) is 1. The van der Waals surface area contributed by atoms with Crippen molar-refractivity contribution >= 4 is 22.6 Å². The molecule has 1 aromatic carbocycles. The highest BCUT2D eigenvalue weighted by atomic mass is 35.5. The lowest BCUT2D eigenvalue weighted by Gasteiger charge is -2.25. The van der Waals surface area contributed by atoms with Crippen molar-refractivity contribution in [3.63, 3.8) is 0 Å². The van der Waals surface area contributed by atoms with Gasteiger partial charge in [-0.1, -0.05) is 18.0 Å². The lowest BCUT2D eigenvalue weighted by atomic mass is 10.1. The number of rotatable bonds is 2. The lowest BCUT2D eigenvalue weighted by Crippen LogP contribution is -2.28. The van der Waals surface area contributed by atoms with E-state index in [4.69, 9.17) is 16.0 Å². The number of benzene rings is 1. The third kappa shape index (κ3) is 2.48. The van der Waals surface area contributed by atoms with Crippen LogP contribution >= 0.6 is 11.6 Å². The van der Waals surface area contributed by atoms with Gasteiger partial charge >= 0.3 is 0 Å². The van der Waals surface area contributed by atoms with Gasteiger partial charge in [-0.3, -0.25) is 4.90 Å². The van der Waals surface area contributed by atoms with Crippen LogP contribution in [0.2, 0.25) is 5.02 Å². The molecule has 1 aliphatic heterocycles. The summed E-state index contributed by atoms with van der Waals surface area (Å²) in [5.41, 5.74) is 0.932. The minimum atomic E-state index is 0.767. The Morgan fingerprint density at radius 2 is 1.94 bits per heavy atom. The van der Waals surface area contributed by atoms with Gasteiger partial charge in [-0.05, 0) is 50.2 Å². The number of piperidine rings is 1. The van der Waals surface area contributed by atoms with Gasteiger partial charge in [-0.25, -0.2) is 0 Å². The van der Waals surface area contributed by atoms with Gasteiger partial charge in [0.2, 0.25) is 0 Å². The van der Waals surface area contributed by atoms with Crippen LogP contribution in [-0.4, -0.2) is 18.0 Å². The average Bonchev–Trinajstić information content (AvgIpc) is 2.71. The topological polar surface area (TPSA) is 16.4 Å². The predicted octanol–water partition coefficient (Wildman–Crippen LogP) is 4.07. The molecule has 1 aromatic heterocycles. The van der Waals surface area contributed by atoms with E-state index in [0.29, 0.717) is 0 Å². The van der Waals surface area contributed by atoms with Crippen molar-refractivity contribution in [1.82, 2.24) is 4.90 Å². The van der Waals surface area contributed by atoms with Gasteiger partial charge in [0.05, 0.1) is 6.54 Å². The van der Waals surface area contributed by atoms with Crippen LogP contribution < -0.4 is 0 Å². The standard InChI is InChI=1S/C14H16ClNO/c15-12-4-5-14-11(8-12)9-13(17-14)10-16-6-2-1-3-7-16/h4-5,8-9H,1-3,6-7,10H2. The summed E-state index contributed by atoms with van der Waals surface area (Å²) in [5.74, 6) is 1.05. The van der Waals surface area contributed by atoms with Crippen LogP contribution in [0, 0.1) is 0 Å². The molecule has 1 fully saturated rings. The summed E-state index contributed by atoms with van der Waals surface area (Å²) in [4.78, 5) is 2.46. The van der Waals surface area contributed by atoms with E-state index in [1.54, 1.807) is 0 Å². The highest BCUT2D eigenvalue weighted by molar-refractivity contribution is 6.31. The van der Waals surface area contributed by atoms with Gasteiger partial charge in [0, 0.05) is 10.4 Å². The van der Waals surface area contributed by atoms with E-state index in [2.05, 4.69) is 11.0 Å². The minimum Gasteiger partial charge on any atom is -0.460 e. The summed E-state index contributed by atoms with van der Waals surface area (Å²) in [6.45, 7) is 3.31. The van der Waals surface area contributed by atoms with Crippen molar-refractivity contribution in [1.29, 1.82) is 0 Å². The monoisotopic (exact) mass is 249 g/mol. The van der Waals surface area contributed by atoms with E-state index in [0.717, 1.165) is 28.3 Å². The summed E-state index contributed by atoms with van der Waals surface area (Å²) in [6.07, 6.45) is 3.99. The summed E-state index contributed by atoms with van der Waals surface area (Å²) < 4.78 is 5.83. The molecule has 0 radical (unpaired) electrons. The van der Waals surface area contributed by atoms with Crippen LogP contribution in [0.25, 0.3) is 11.0 Å². The molecule has 17 heavy (non-hydrogen) atoms. The molecule has 1 saturated heterocycles. The first-order chi connectivity index (χ1) is 8.31. The van der Waals surface area contributed by atoms with Crippen LogP contribution in [0.3, 0.4) is 0 Å². The van der Waals surface area contributed by atoms with Crippen LogP contribution in [0.5, 0.6) is 0 Å². The van der Waals surface area contributed by atoms with Crippen molar-refractivity contribution < 1.29 is 4.42 Å². The number of halogens is 1. The maximum Gasteiger partial charge on any atom is 0.134 e. The Hall–Kier alpha value is -0.990. The fourth-order valence-electron chi connectivity index (χ4n) is 2.49. The molecule has 2 heterocycles. The molecule has 0 N–H and O–H groups in total. The zero-order chi connectivity index (χ0) is 11.7. The molecular formula is C14H16ClNO. The molecule has 0 atom stereocenters. The van der Waals surface area contributed by atoms with Gasteiger partial charge in [0.25, 0.3) is 0 Å². The molecule has 0 spiro atoms. The smallest absolute Gasteiger partial charge is 0.134 e. The van der Waals surface area contributed by atoms with Crippen molar-refractivity contribution in [3.05, 3.63) is 35.0 Å². The minimum absolute atomic E-state index is 0.767. The summed E-state index contributed by atoms with van der Waals surface area (Å²) in [5, 5.41) is 1.87. The van der Waals surface area contributed by atoms with Gasteiger partial charge in [0.15, 0.2) is 0 Å². The second-order valence-corrected chi connectivity index (χ2v) is 5.17. The lowest BCUT2D eigenvalue weighted by molar-refractivity contribution is 0.207. The Morgan fingerprint density at radius 1 is 1.12 bits per heavy atom. The van der Waals surface area contributed by atoms with Gasteiger partial charge < -0.3 is 4.42 Å². The average molecular weight is 250 g/mol. The largest absolute Gasteiger partial charge is 0.460 e.